The van der Waals surface area contributed by atoms with E-state index in [1.54, 1.807) is 6.92 Å². The molecular formula is C13H13BrF3N3O2S. The van der Waals surface area contributed by atoms with Crippen LogP contribution >= 0.6 is 15.9 Å². The lowest BCUT2D eigenvalue weighted by atomic mass is 10.2. The Labute approximate surface area is 142 Å². The highest BCUT2D eigenvalue weighted by Gasteiger charge is 2.32. The maximum absolute atomic E-state index is 12.2. The monoisotopic (exact) mass is 411 g/mol. The molecule has 0 amide bonds. The van der Waals surface area contributed by atoms with E-state index < -0.39 is 23.1 Å². The molecule has 126 valence electrons. The molecule has 1 aromatic rings. The summed E-state index contributed by atoms with van der Waals surface area (Å²) in [6.07, 6.45) is -2.00. The van der Waals surface area contributed by atoms with Gasteiger partial charge in [-0.1, -0.05) is 15.9 Å². The number of aromatic nitrogens is 1. The number of rotatable bonds is 7. The Morgan fingerprint density at radius 1 is 1.57 bits per heavy atom. The van der Waals surface area contributed by atoms with Gasteiger partial charge in [-0.15, -0.1) is 0 Å². The lowest BCUT2D eigenvalue weighted by molar-refractivity contribution is -0.0584. The maximum atomic E-state index is 12.2. The molecule has 0 radical (unpaired) electrons. The van der Waals surface area contributed by atoms with Crippen molar-refractivity contribution in [3.8, 4) is 0 Å². The molecule has 23 heavy (non-hydrogen) atoms. The van der Waals surface area contributed by atoms with Crippen molar-refractivity contribution in [2.45, 2.75) is 18.0 Å². The molecule has 0 aliphatic carbocycles. The minimum atomic E-state index is -4.72. The van der Waals surface area contributed by atoms with E-state index in [-0.39, 0.29) is 33.1 Å². The lowest BCUT2D eigenvalue weighted by Crippen LogP contribution is -2.19. The fourth-order valence-corrected chi connectivity index (χ4v) is 2.66. The highest BCUT2D eigenvalue weighted by molar-refractivity contribution is 9.09. The van der Waals surface area contributed by atoms with Crippen molar-refractivity contribution in [2.24, 2.45) is 0 Å². The van der Waals surface area contributed by atoms with Gasteiger partial charge in [0.2, 0.25) is 0 Å². The second-order valence-electron chi connectivity index (χ2n) is 4.15. The summed E-state index contributed by atoms with van der Waals surface area (Å²) >= 11 is 1.55. The number of anilines is 1. The normalized spacial score (nSPS) is 13.1. The number of nitrogens with one attached hydrogen (secondary N) is 2. The van der Waals surface area contributed by atoms with Gasteiger partial charge in [0.1, 0.15) is 11.5 Å². The molecule has 0 aliphatic heterocycles. The van der Waals surface area contributed by atoms with Crippen molar-refractivity contribution in [1.82, 2.24) is 4.98 Å². The number of hydrogen-bond donors (Lipinski definition) is 2. The van der Waals surface area contributed by atoms with Gasteiger partial charge in [-0.2, -0.15) is 13.2 Å². The summed E-state index contributed by atoms with van der Waals surface area (Å²) in [6.45, 7) is 1.67. The number of halogens is 4. The summed E-state index contributed by atoms with van der Waals surface area (Å²) in [6, 6.07) is 1.39. The topological polar surface area (TPSA) is 88.9 Å². The zero-order valence-electron chi connectivity index (χ0n) is 11.9. The van der Waals surface area contributed by atoms with Crippen LogP contribution in [-0.2, 0) is 11.2 Å². The van der Waals surface area contributed by atoms with Crippen molar-refractivity contribution in [3.05, 3.63) is 30.2 Å². The third-order valence-corrected chi connectivity index (χ3v) is 4.39. The zero-order valence-corrected chi connectivity index (χ0v) is 14.3. The number of nitrogens with zero attached hydrogens (tertiary/aromatic N) is 1. The van der Waals surface area contributed by atoms with Gasteiger partial charge in [0.15, 0.2) is 16.4 Å². The number of allylic oxidation sites excluding steroid dienone is 1. The summed E-state index contributed by atoms with van der Waals surface area (Å²) in [5, 5.41) is 9.32. The van der Waals surface area contributed by atoms with Crippen LogP contribution in [0.2, 0.25) is 0 Å². The van der Waals surface area contributed by atoms with E-state index in [1.807, 2.05) is 0 Å². The number of ketones is 1. The smallest absolute Gasteiger partial charge is 0.432 e. The van der Waals surface area contributed by atoms with Gasteiger partial charge >= 0.3 is 6.18 Å². The molecule has 1 rings (SSSR count). The van der Waals surface area contributed by atoms with Crippen LogP contribution < -0.4 is 5.32 Å². The van der Waals surface area contributed by atoms with Gasteiger partial charge in [-0.25, -0.2) is 4.98 Å². The van der Waals surface area contributed by atoms with Crippen LogP contribution in [0, 0.1) is 5.41 Å². The van der Waals surface area contributed by atoms with Crippen molar-refractivity contribution in [2.75, 3.05) is 16.4 Å². The highest BCUT2D eigenvalue weighted by Crippen LogP contribution is 2.21. The number of carbonyl (C=O) groups excluding carboxylic acids is 1. The van der Waals surface area contributed by atoms with Crippen LogP contribution in [0.15, 0.2) is 29.4 Å². The average Bonchev–Trinajstić information content (AvgIpc) is 2.52. The SMILES string of the molecule is CC[S+]([O-])c1cc(N/C=C\C(=N)C(F)(F)F)cnc1C(=O)CBr. The van der Waals surface area contributed by atoms with E-state index in [2.05, 4.69) is 26.2 Å². The van der Waals surface area contributed by atoms with Crippen LogP contribution in [0.5, 0.6) is 0 Å². The number of carbonyl (C=O) groups is 1. The predicted molar refractivity (Wildman–Crippen MR) is 85.9 cm³/mol. The standard InChI is InChI=1S/C13H13BrF3N3O2S/c1-2-23(22)10-5-8(7-20-12(10)9(21)6-14)19-4-3-11(18)13(15,16)17/h3-5,7,18-19H,2,6H2,1H3/b4-3-,18-11?. The molecule has 0 aliphatic rings. The van der Waals surface area contributed by atoms with Crippen molar-refractivity contribution in [1.29, 1.82) is 5.41 Å². The second-order valence-corrected chi connectivity index (χ2v) is 6.42. The average molecular weight is 412 g/mol. The van der Waals surface area contributed by atoms with Gasteiger partial charge in [-0.3, -0.25) is 10.2 Å². The van der Waals surface area contributed by atoms with E-state index in [0.29, 0.717) is 6.08 Å². The Morgan fingerprint density at radius 3 is 2.74 bits per heavy atom. The summed E-state index contributed by atoms with van der Waals surface area (Å²) in [4.78, 5) is 15.9. The lowest BCUT2D eigenvalue weighted by Gasteiger charge is -2.12. The maximum Gasteiger partial charge on any atom is 0.432 e. The third kappa shape index (κ3) is 5.63. The van der Waals surface area contributed by atoms with Crippen LogP contribution in [0.1, 0.15) is 17.4 Å². The molecule has 5 nitrogen and oxygen atoms in total. The van der Waals surface area contributed by atoms with E-state index in [4.69, 9.17) is 5.41 Å². The largest absolute Gasteiger partial charge is 0.611 e. The van der Waals surface area contributed by atoms with Gasteiger partial charge in [0, 0.05) is 12.3 Å². The van der Waals surface area contributed by atoms with E-state index in [1.165, 1.54) is 12.3 Å². The van der Waals surface area contributed by atoms with E-state index >= 15 is 0 Å². The molecule has 1 unspecified atom stereocenters. The Bertz CT molecular complexity index is 623. The first-order valence-corrected chi connectivity index (χ1v) is 8.71. The number of alkyl halides is 4. The molecule has 0 saturated heterocycles. The molecule has 0 fully saturated rings. The van der Waals surface area contributed by atoms with Crippen LogP contribution in [0.3, 0.4) is 0 Å². The fourth-order valence-electron chi connectivity index (χ4n) is 1.44. The van der Waals surface area contributed by atoms with Crippen LogP contribution in [-0.4, -0.2) is 38.3 Å². The van der Waals surface area contributed by atoms with Gasteiger partial charge in [0.05, 0.1) is 17.2 Å². The van der Waals surface area contributed by atoms with Gasteiger partial charge in [-0.05, 0) is 24.2 Å². The van der Waals surface area contributed by atoms with Crippen molar-refractivity contribution < 1.29 is 22.5 Å². The molecule has 1 aromatic heterocycles. The molecular weight excluding hydrogens is 399 g/mol. The number of Topliss-reactive ketones (excluding diaryl/α,β-unsaturated/α-hetero) is 1. The third-order valence-electron chi connectivity index (χ3n) is 2.55. The van der Waals surface area contributed by atoms with Crippen LogP contribution in [0.25, 0.3) is 0 Å². The summed E-state index contributed by atoms with van der Waals surface area (Å²) in [5.74, 6) is -0.0786. The fraction of sp³-hybridized carbons (Fsp3) is 0.308. The van der Waals surface area contributed by atoms with Gasteiger partial charge in [0.25, 0.3) is 0 Å². The first-order valence-electron chi connectivity index (χ1n) is 6.27. The second kappa shape index (κ2) is 8.46. The molecule has 2 N–H and O–H groups in total. The summed E-state index contributed by atoms with van der Waals surface area (Å²) in [5.41, 5.74) is -1.19. The van der Waals surface area contributed by atoms with Crippen molar-refractivity contribution in [3.63, 3.8) is 0 Å². The summed E-state index contributed by atoms with van der Waals surface area (Å²) in [7, 11) is 0. The first-order chi connectivity index (χ1) is 10.7. The number of pyridine rings is 1. The molecule has 0 saturated carbocycles. The Hall–Kier alpha value is -1.39. The molecule has 0 aromatic carbocycles. The van der Waals surface area contributed by atoms with Crippen molar-refractivity contribution >= 4 is 44.3 Å². The molecule has 0 bridgehead atoms. The molecule has 1 heterocycles. The minimum Gasteiger partial charge on any atom is -0.611 e. The predicted octanol–water partition coefficient (Wildman–Crippen LogP) is 3.29. The Balaban J connectivity index is 3.00. The molecule has 0 spiro atoms. The molecule has 10 heteroatoms. The quantitative estimate of drug-likeness (QED) is 0.311. The Morgan fingerprint density at radius 2 is 2.22 bits per heavy atom. The zero-order chi connectivity index (χ0) is 17.6. The molecule has 1 atom stereocenters. The van der Waals surface area contributed by atoms with E-state index in [9.17, 15) is 22.5 Å². The highest BCUT2D eigenvalue weighted by atomic mass is 79.9. The summed E-state index contributed by atoms with van der Waals surface area (Å²) < 4.78 is 48.5. The first kappa shape index (κ1) is 19.7. The van der Waals surface area contributed by atoms with E-state index in [0.717, 1.165) is 6.20 Å². The Kier molecular flexibility index (Phi) is 7.23. The van der Waals surface area contributed by atoms with Gasteiger partial charge < -0.3 is 9.87 Å². The minimum absolute atomic E-state index is 0.0172. The van der Waals surface area contributed by atoms with Crippen LogP contribution in [0.4, 0.5) is 18.9 Å². The number of hydrogen-bond acceptors (Lipinski definition) is 5.